The van der Waals surface area contributed by atoms with Crippen molar-refractivity contribution in [2.45, 2.75) is 38.0 Å². The summed E-state index contributed by atoms with van der Waals surface area (Å²) in [6, 6.07) is 32.8. The largest absolute Gasteiger partial charge is 0.478 e. The van der Waals surface area contributed by atoms with Gasteiger partial charge in [-0.1, -0.05) is 103 Å². The number of carboxylic acids is 1. The Morgan fingerprint density at radius 1 is 0.791 bits per heavy atom. The second-order valence-electron chi connectivity index (χ2n) is 10.2. The van der Waals surface area contributed by atoms with Gasteiger partial charge < -0.3 is 20.5 Å². The van der Waals surface area contributed by atoms with Crippen LogP contribution in [0.5, 0.6) is 0 Å². The summed E-state index contributed by atoms with van der Waals surface area (Å²) in [4.78, 5) is 38.5. The average molecular weight is 576 g/mol. The normalized spacial score (nSPS) is 12.1. The van der Waals surface area contributed by atoms with E-state index in [1.54, 1.807) is 12.1 Å². The van der Waals surface area contributed by atoms with Gasteiger partial charge in [0.25, 0.3) is 0 Å². The molecule has 0 unspecified atom stereocenters. The Labute approximate surface area is 251 Å². The van der Waals surface area contributed by atoms with Crippen molar-refractivity contribution < 1.29 is 24.2 Å². The zero-order valence-electron chi connectivity index (χ0n) is 23.8. The lowest BCUT2D eigenvalue weighted by molar-refractivity contribution is -0.129. The summed E-state index contributed by atoms with van der Waals surface area (Å²) in [7, 11) is 0. The molecule has 0 bridgehead atoms. The molecule has 2 atom stereocenters. The number of hydrogen-bond acceptors (Lipinski definition) is 5. The van der Waals surface area contributed by atoms with Gasteiger partial charge in [0.1, 0.15) is 12.1 Å². The first-order valence-electron chi connectivity index (χ1n) is 13.9. The lowest BCUT2D eigenvalue weighted by atomic mass is 9.90. The topological polar surface area (TPSA) is 129 Å². The minimum absolute atomic E-state index is 0.0926. The molecule has 4 rings (SSSR count). The van der Waals surface area contributed by atoms with Crippen LogP contribution in [0.25, 0.3) is 0 Å². The van der Waals surface area contributed by atoms with E-state index < -0.39 is 29.9 Å². The van der Waals surface area contributed by atoms with E-state index in [-0.39, 0.29) is 31.1 Å². The Morgan fingerprint density at radius 3 is 1.98 bits per heavy atom. The molecule has 218 valence electrons. The number of carbonyl (C=O) groups excluding carboxylic acids is 2. The molecule has 3 N–H and O–H groups in total. The monoisotopic (exact) mass is 575 g/mol. The molecule has 0 radical (unpaired) electrons. The number of carbonyl (C=O) groups is 3. The third-order valence-electron chi connectivity index (χ3n) is 6.91. The number of ether oxygens (including phenoxy) is 1. The van der Waals surface area contributed by atoms with E-state index in [0.717, 1.165) is 27.8 Å². The van der Waals surface area contributed by atoms with Crippen LogP contribution in [0.1, 0.15) is 44.1 Å². The molecule has 0 aliphatic rings. The molecule has 0 fully saturated rings. The average Bonchev–Trinajstić information content (AvgIpc) is 3.01. The van der Waals surface area contributed by atoms with Crippen molar-refractivity contribution in [1.82, 2.24) is 10.6 Å². The number of rotatable bonds is 13. The van der Waals surface area contributed by atoms with Gasteiger partial charge in [-0.25, -0.2) is 4.79 Å². The van der Waals surface area contributed by atoms with Gasteiger partial charge in [0, 0.05) is 6.42 Å². The van der Waals surface area contributed by atoms with Gasteiger partial charge in [0.2, 0.25) is 11.8 Å². The van der Waals surface area contributed by atoms with Crippen LogP contribution in [0.15, 0.2) is 109 Å². The van der Waals surface area contributed by atoms with E-state index in [1.165, 1.54) is 12.1 Å². The molecule has 0 heterocycles. The number of benzene rings is 4. The highest BCUT2D eigenvalue weighted by molar-refractivity contribution is 5.92. The lowest BCUT2D eigenvalue weighted by Gasteiger charge is -2.24. The number of aromatic carboxylic acids is 1. The fraction of sp³-hybridized carbons (Fsp3) is 0.200. The first kappa shape index (κ1) is 30.7. The third kappa shape index (κ3) is 8.86. The van der Waals surface area contributed by atoms with Crippen molar-refractivity contribution in [1.29, 1.82) is 5.26 Å². The molecule has 0 spiro atoms. The highest BCUT2D eigenvalue weighted by atomic mass is 16.5. The third-order valence-corrected chi connectivity index (χ3v) is 6.91. The first-order valence-corrected chi connectivity index (χ1v) is 13.9. The summed E-state index contributed by atoms with van der Waals surface area (Å²) in [6.45, 7) is 1.99. The minimum atomic E-state index is -1.02. The number of aryl methyl sites for hydroxylation is 1. The molecular weight excluding hydrogens is 542 g/mol. The predicted octanol–water partition coefficient (Wildman–Crippen LogP) is 4.78. The van der Waals surface area contributed by atoms with Crippen LogP contribution in [0.2, 0.25) is 0 Å². The van der Waals surface area contributed by atoms with Crippen LogP contribution in [-0.2, 0) is 27.4 Å². The summed E-state index contributed by atoms with van der Waals surface area (Å²) >= 11 is 0. The summed E-state index contributed by atoms with van der Waals surface area (Å²) in [5.74, 6) is -2.50. The molecule has 4 aromatic carbocycles. The first-order chi connectivity index (χ1) is 20.8. The van der Waals surface area contributed by atoms with Crippen LogP contribution >= 0.6 is 0 Å². The molecule has 4 aromatic rings. The van der Waals surface area contributed by atoms with E-state index in [4.69, 9.17) is 9.84 Å². The van der Waals surface area contributed by atoms with E-state index in [9.17, 15) is 19.6 Å². The summed E-state index contributed by atoms with van der Waals surface area (Å²) in [5.41, 5.74) is 4.36. The van der Waals surface area contributed by atoms with Crippen molar-refractivity contribution in [3.8, 4) is 6.07 Å². The molecule has 8 nitrogen and oxygen atoms in total. The maximum Gasteiger partial charge on any atom is 0.335 e. The number of carboxylic acid groups (broad SMARTS) is 1. The highest BCUT2D eigenvalue weighted by Crippen LogP contribution is 2.25. The summed E-state index contributed by atoms with van der Waals surface area (Å²) in [5, 5.41) is 24.5. The maximum absolute atomic E-state index is 13.8. The Hall–Kier alpha value is -5.26. The predicted molar refractivity (Wildman–Crippen MR) is 162 cm³/mol. The number of nitrogens with one attached hydrogen (secondary N) is 2. The van der Waals surface area contributed by atoms with Crippen LogP contribution in [0, 0.1) is 18.3 Å². The molecule has 0 aromatic heterocycles. The fourth-order valence-electron chi connectivity index (χ4n) is 4.75. The number of hydrogen-bond donors (Lipinski definition) is 3. The quantitative estimate of drug-likeness (QED) is 0.211. The molecular formula is C35H33N3O5. The Kier molecular flexibility index (Phi) is 10.8. The Morgan fingerprint density at radius 2 is 1.42 bits per heavy atom. The second kappa shape index (κ2) is 15.1. The zero-order chi connectivity index (χ0) is 30.6. The molecule has 2 amide bonds. The summed E-state index contributed by atoms with van der Waals surface area (Å²) in [6.07, 6.45) is 0.227. The van der Waals surface area contributed by atoms with Gasteiger partial charge in [0.15, 0.2) is 0 Å². The summed E-state index contributed by atoms with van der Waals surface area (Å²) < 4.78 is 5.65. The fourth-order valence-corrected chi connectivity index (χ4v) is 4.75. The highest BCUT2D eigenvalue weighted by Gasteiger charge is 2.29. The van der Waals surface area contributed by atoms with Crippen molar-refractivity contribution >= 4 is 17.8 Å². The molecule has 0 aliphatic heterocycles. The zero-order valence-corrected chi connectivity index (χ0v) is 23.8. The Balaban J connectivity index is 1.49. The number of nitrogens with zero attached hydrogens (tertiary/aromatic N) is 1. The minimum Gasteiger partial charge on any atom is -0.478 e. The molecule has 43 heavy (non-hydrogen) atoms. The van der Waals surface area contributed by atoms with E-state index in [1.807, 2.05) is 91.9 Å². The molecule has 0 aliphatic carbocycles. The van der Waals surface area contributed by atoms with E-state index in [0.29, 0.717) is 0 Å². The van der Waals surface area contributed by atoms with Crippen LogP contribution in [-0.4, -0.2) is 41.6 Å². The smallest absolute Gasteiger partial charge is 0.335 e. The number of amides is 2. The lowest BCUT2D eigenvalue weighted by Crippen LogP contribution is -2.52. The van der Waals surface area contributed by atoms with Crippen LogP contribution in [0.3, 0.4) is 0 Å². The second-order valence-corrected chi connectivity index (χ2v) is 10.2. The van der Waals surface area contributed by atoms with Crippen LogP contribution < -0.4 is 10.6 Å². The van der Waals surface area contributed by atoms with Gasteiger partial charge in [-0.3, -0.25) is 9.59 Å². The molecule has 0 saturated carbocycles. The molecule has 8 heteroatoms. The van der Waals surface area contributed by atoms with E-state index >= 15 is 0 Å². The van der Waals surface area contributed by atoms with Crippen molar-refractivity contribution in [3.63, 3.8) is 0 Å². The van der Waals surface area contributed by atoms with E-state index in [2.05, 4.69) is 16.7 Å². The Bertz CT molecular complexity index is 1530. The van der Waals surface area contributed by atoms with Gasteiger partial charge in [-0.05, 0) is 41.3 Å². The standard InChI is InChI=1S/C35H33N3O5/c1-24-9-8-10-26(19-24)20-31(38-34(40)32(27-11-4-2-5-12-27)28-13-6-3-7-14-28)33(39)37-30(21-36)23-43-22-25-15-17-29(18-16-25)35(41)42/h2-19,30-32H,20,22-23H2,1H3,(H,37,39)(H,38,40)(H,41,42)/t30-,31+/m1/s1. The van der Waals surface area contributed by atoms with Crippen molar-refractivity contribution in [2.24, 2.45) is 0 Å². The van der Waals surface area contributed by atoms with Gasteiger partial charge in [-0.15, -0.1) is 0 Å². The number of nitriles is 1. The SMILES string of the molecule is Cc1cccc(C[C@H](NC(=O)C(c2ccccc2)c2ccccc2)C(=O)N[C@H](C#N)COCc2ccc(C(=O)O)cc2)c1. The maximum atomic E-state index is 13.8. The van der Waals surface area contributed by atoms with Crippen molar-refractivity contribution in [3.05, 3.63) is 143 Å². The molecule has 0 saturated heterocycles. The van der Waals surface area contributed by atoms with Gasteiger partial charge in [0.05, 0.1) is 30.8 Å². The van der Waals surface area contributed by atoms with Crippen LogP contribution in [0.4, 0.5) is 0 Å². The van der Waals surface area contributed by atoms with Gasteiger partial charge >= 0.3 is 5.97 Å². The van der Waals surface area contributed by atoms with Crippen molar-refractivity contribution in [2.75, 3.05) is 6.61 Å². The van der Waals surface area contributed by atoms with Gasteiger partial charge in [-0.2, -0.15) is 5.26 Å².